The molecule has 0 aromatic heterocycles. The molecule has 0 saturated carbocycles. The number of aryl methyl sites for hydroxylation is 1. The van der Waals surface area contributed by atoms with Crippen molar-refractivity contribution in [3.05, 3.63) is 83.9 Å². The number of carbonyl (C=O) groups excluding carboxylic acids is 2. The van der Waals surface area contributed by atoms with Crippen LogP contribution in [0.15, 0.2) is 72.8 Å². The zero-order valence-electron chi connectivity index (χ0n) is 17.2. The topological polar surface area (TPSA) is 79.5 Å². The van der Waals surface area contributed by atoms with Crippen LogP contribution in [0.1, 0.15) is 22.8 Å². The number of ether oxygens (including phenoxy) is 1. The first kappa shape index (κ1) is 20.9. The Kier molecular flexibility index (Phi) is 6.70. The standard InChI is InChI=1S/C24H25N3O3/c1-16-7-6-8-18(15-16)24(29)25-17(2)23(28)27-22-10-5-4-9-21(22)26-19-11-13-20(30-3)14-12-19/h4-15,17,26H,1-3H3,(H,25,29)(H,27,28)/t17-/m1/s1. The van der Waals surface area contributed by atoms with Gasteiger partial charge in [0, 0.05) is 11.3 Å². The summed E-state index contributed by atoms with van der Waals surface area (Å²) in [5, 5.41) is 8.90. The fourth-order valence-corrected chi connectivity index (χ4v) is 2.90. The third-order valence-corrected chi connectivity index (χ3v) is 4.58. The van der Waals surface area contributed by atoms with Gasteiger partial charge in [-0.15, -0.1) is 0 Å². The second kappa shape index (κ2) is 9.60. The van der Waals surface area contributed by atoms with Crippen LogP contribution >= 0.6 is 0 Å². The lowest BCUT2D eigenvalue weighted by Crippen LogP contribution is -2.41. The molecule has 3 aromatic rings. The second-order valence-electron chi connectivity index (χ2n) is 6.95. The van der Waals surface area contributed by atoms with Crippen LogP contribution in [0, 0.1) is 6.92 Å². The van der Waals surface area contributed by atoms with Crippen molar-refractivity contribution in [2.45, 2.75) is 19.9 Å². The highest BCUT2D eigenvalue weighted by atomic mass is 16.5. The highest BCUT2D eigenvalue weighted by molar-refractivity contribution is 6.02. The number of hydrogen-bond acceptors (Lipinski definition) is 4. The third kappa shape index (κ3) is 5.38. The molecule has 0 aliphatic carbocycles. The molecule has 0 unspecified atom stereocenters. The van der Waals surface area contributed by atoms with Crippen LogP contribution in [0.3, 0.4) is 0 Å². The molecular formula is C24H25N3O3. The number of rotatable bonds is 7. The minimum atomic E-state index is -0.702. The van der Waals surface area contributed by atoms with Crippen molar-refractivity contribution in [3.63, 3.8) is 0 Å². The summed E-state index contributed by atoms with van der Waals surface area (Å²) in [5.74, 6) is 0.172. The number of anilines is 3. The van der Waals surface area contributed by atoms with E-state index in [4.69, 9.17) is 4.74 Å². The minimum Gasteiger partial charge on any atom is -0.497 e. The molecular weight excluding hydrogens is 378 g/mol. The largest absolute Gasteiger partial charge is 0.497 e. The molecule has 0 aliphatic heterocycles. The number of nitrogens with one attached hydrogen (secondary N) is 3. The molecule has 30 heavy (non-hydrogen) atoms. The van der Waals surface area contributed by atoms with Crippen LogP contribution in [-0.2, 0) is 4.79 Å². The molecule has 2 amide bonds. The Morgan fingerprint density at radius 3 is 2.27 bits per heavy atom. The molecule has 3 rings (SSSR count). The molecule has 0 fully saturated rings. The number of amides is 2. The number of benzene rings is 3. The summed E-state index contributed by atoms with van der Waals surface area (Å²) >= 11 is 0. The molecule has 154 valence electrons. The van der Waals surface area contributed by atoms with E-state index >= 15 is 0 Å². The van der Waals surface area contributed by atoms with E-state index < -0.39 is 6.04 Å². The van der Waals surface area contributed by atoms with E-state index in [1.54, 1.807) is 32.2 Å². The average Bonchev–Trinajstić information content (AvgIpc) is 2.75. The minimum absolute atomic E-state index is 0.286. The Balaban J connectivity index is 1.66. The van der Waals surface area contributed by atoms with Crippen LogP contribution in [0.4, 0.5) is 17.1 Å². The molecule has 3 N–H and O–H groups in total. The Bertz CT molecular complexity index is 1030. The smallest absolute Gasteiger partial charge is 0.251 e. The summed E-state index contributed by atoms with van der Waals surface area (Å²) in [6, 6.07) is 21.4. The summed E-state index contributed by atoms with van der Waals surface area (Å²) < 4.78 is 5.17. The van der Waals surface area contributed by atoms with Gasteiger partial charge in [0.05, 0.1) is 18.5 Å². The molecule has 0 spiro atoms. The lowest BCUT2D eigenvalue weighted by Gasteiger charge is -2.17. The second-order valence-corrected chi connectivity index (χ2v) is 6.95. The molecule has 1 atom stereocenters. The first-order chi connectivity index (χ1) is 14.5. The third-order valence-electron chi connectivity index (χ3n) is 4.58. The average molecular weight is 403 g/mol. The van der Waals surface area contributed by atoms with Crippen LogP contribution in [0.5, 0.6) is 5.75 Å². The summed E-state index contributed by atoms with van der Waals surface area (Å²) in [6.45, 7) is 3.57. The Labute approximate surface area is 176 Å². The van der Waals surface area contributed by atoms with Crippen molar-refractivity contribution in [2.75, 3.05) is 17.7 Å². The van der Waals surface area contributed by atoms with Gasteiger partial charge in [0.25, 0.3) is 5.91 Å². The molecule has 0 heterocycles. The van der Waals surface area contributed by atoms with Gasteiger partial charge in [0.2, 0.25) is 5.91 Å². The maximum absolute atomic E-state index is 12.7. The first-order valence-corrected chi connectivity index (χ1v) is 9.65. The van der Waals surface area contributed by atoms with Crippen molar-refractivity contribution in [2.24, 2.45) is 0 Å². The summed E-state index contributed by atoms with van der Waals surface area (Å²) in [4.78, 5) is 25.1. The van der Waals surface area contributed by atoms with E-state index in [1.807, 2.05) is 61.5 Å². The van der Waals surface area contributed by atoms with Crippen molar-refractivity contribution in [1.29, 1.82) is 0 Å². The van der Waals surface area contributed by atoms with Gasteiger partial charge in [-0.25, -0.2) is 0 Å². The van der Waals surface area contributed by atoms with Gasteiger partial charge in [-0.2, -0.15) is 0 Å². The zero-order valence-corrected chi connectivity index (χ0v) is 17.2. The summed E-state index contributed by atoms with van der Waals surface area (Å²) in [5.41, 5.74) is 3.73. The van der Waals surface area contributed by atoms with Crippen molar-refractivity contribution >= 4 is 28.9 Å². The Hall–Kier alpha value is -3.80. The Morgan fingerprint density at radius 2 is 1.60 bits per heavy atom. The van der Waals surface area contributed by atoms with E-state index in [-0.39, 0.29) is 11.8 Å². The first-order valence-electron chi connectivity index (χ1n) is 9.65. The molecule has 0 saturated heterocycles. The SMILES string of the molecule is COc1ccc(Nc2ccccc2NC(=O)[C@@H](C)NC(=O)c2cccc(C)c2)cc1. The maximum Gasteiger partial charge on any atom is 0.251 e. The van der Waals surface area contributed by atoms with Gasteiger partial charge in [-0.3, -0.25) is 9.59 Å². The predicted octanol–water partition coefficient (Wildman–Crippen LogP) is 4.50. The maximum atomic E-state index is 12.7. The van der Waals surface area contributed by atoms with E-state index in [9.17, 15) is 9.59 Å². The van der Waals surface area contributed by atoms with Crippen LogP contribution in [0.2, 0.25) is 0 Å². The van der Waals surface area contributed by atoms with Gasteiger partial charge in [0.1, 0.15) is 11.8 Å². The van der Waals surface area contributed by atoms with E-state index in [2.05, 4.69) is 16.0 Å². The van der Waals surface area contributed by atoms with Gasteiger partial charge in [-0.1, -0.05) is 29.8 Å². The van der Waals surface area contributed by atoms with E-state index in [0.717, 1.165) is 22.7 Å². The fourth-order valence-electron chi connectivity index (χ4n) is 2.90. The molecule has 6 nitrogen and oxygen atoms in total. The monoisotopic (exact) mass is 403 g/mol. The molecule has 3 aromatic carbocycles. The van der Waals surface area contributed by atoms with Crippen molar-refractivity contribution < 1.29 is 14.3 Å². The predicted molar refractivity (Wildman–Crippen MR) is 119 cm³/mol. The molecule has 6 heteroatoms. The fraction of sp³-hybridized carbons (Fsp3) is 0.167. The van der Waals surface area contributed by atoms with Crippen LogP contribution < -0.4 is 20.7 Å². The highest BCUT2D eigenvalue weighted by Gasteiger charge is 2.18. The van der Waals surface area contributed by atoms with Gasteiger partial charge >= 0.3 is 0 Å². The molecule has 0 radical (unpaired) electrons. The van der Waals surface area contributed by atoms with Gasteiger partial charge in [0.15, 0.2) is 0 Å². The summed E-state index contributed by atoms with van der Waals surface area (Å²) in [6.07, 6.45) is 0. The lowest BCUT2D eigenvalue weighted by atomic mass is 10.1. The van der Waals surface area contributed by atoms with Crippen molar-refractivity contribution in [3.8, 4) is 5.75 Å². The zero-order chi connectivity index (χ0) is 21.5. The number of carbonyl (C=O) groups is 2. The number of methoxy groups -OCH3 is 1. The number of para-hydroxylation sites is 2. The van der Waals surface area contributed by atoms with Crippen molar-refractivity contribution in [1.82, 2.24) is 5.32 Å². The van der Waals surface area contributed by atoms with Crippen LogP contribution in [0.25, 0.3) is 0 Å². The summed E-state index contributed by atoms with van der Waals surface area (Å²) in [7, 11) is 1.62. The molecule has 0 aliphatic rings. The molecule has 0 bridgehead atoms. The Morgan fingerprint density at radius 1 is 0.900 bits per heavy atom. The van der Waals surface area contributed by atoms with E-state index in [1.165, 1.54) is 0 Å². The highest BCUT2D eigenvalue weighted by Crippen LogP contribution is 2.26. The normalized spacial score (nSPS) is 11.3. The van der Waals surface area contributed by atoms with Crippen LogP contribution in [-0.4, -0.2) is 25.0 Å². The van der Waals surface area contributed by atoms with Gasteiger partial charge < -0.3 is 20.7 Å². The quantitative estimate of drug-likeness (QED) is 0.543. The number of hydrogen-bond donors (Lipinski definition) is 3. The lowest BCUT2D eigenvalue weighted by molar-refractivity contribution is -0.117. The van der Waals surface area contributed by atoms with Gasteiger partial charge in [-0.05, 0) is 62.4 Å². The van der Waals surface area contributed by atoms with E-state index in [0.29, 0.717) is 11.3 Å².